The van der Waals surface area contributed by atoms with Gasteiger partial charge in [0.25, 0.3) is 5.91 Å². The smallest absolute Gasteiger partial charge is 0.327 e. The Labute approximate surface area is 131 Å². The number of aliphatic carboxylic acids is 1. The molecule has 1 fully saturated rings. The van der Waals surface area contributed by atoms with Crippen LogP contribution in [-0.4, -0.2) is 56.0 Å². The lowest BCUT2D eigenvalue weighted by Crippen LogP contribution is -2.46. The van der Waals surface area contributed by atoms with E-state index < -0.39 is 12.0 Å². The molecular weight excluding hydrogens is 312 g/mol. The Morgan fingerprint density at radius 3 is 2.76 bits per heavy atom. The number of hydrogen-bond donors (Lipinski definition) is 1. The van der Waals surface area contributed by atoms with Crippen molar-refractivity contribution in [3.63, 3.8) is 0 Å². The first kappa shape index (κ1) is 16.2. The molecule has 1 aromatic heterocycles. The van der Waals surface area contributed by atoms with Gasteiger partial charge in [0.15, 0.2) is 11.6 Å². The minimum Gasteiger partial charge on any atom is -0.480 e. The maximum Gasteiger partial charge on any atom is 0.327 e. The summed E-state index contributed by atoms with van der Waals surface area (Å²) in [6.07, 6.45) is 2.75. The molecule has 1 N–H and O–H groups in total. The molecule has 0 aliphatic carbocycles. The molecule has 1 aliphatic heterocycles. The minimum atomic E-state index is -0.972. The molecule has 21 heavy (non-hydrogen) atoms. The van der Waals surface area contributed by atoms with Crippen molar-refractivity contribution in [2.24, 2.45) is 0 Å². The van der Waals surface area contributed by atoms with Gasteiger partial charge < -0.3 is 14.4 Å². The molecule has 0 aromatic carbocycles. The second-order valence-corrected chi connectivity index (χ2v) is 6.97. The summed E-state index contributed by atoms with van der Waals surface area (Å²) >= 11 is 3.20. The fourth-order valence-electron chi connectivity index (χ4n) is 2.32. The van der Waals surface area contributed by atoms with Crippen LogP contribution < -0.4 is 0 Å². The monoisotopic (exact) mass is 330 g/mol. The van der Waals surface area contributed by atoms with Crippen molar-refractivity contribution in [1.29, 1.82) is 0 Å². The molecule has 1 aliphatic rings. The number of hydrogen-bond acceptors (Lipinski definition) is 6. The van der Waals surface area contributed by atoms with Crippen molar-refractivity contribution in [3.8, 4) is 0 Å². The van der Waals surface area contributed by atoms with Gasteiger partial charge in [-0.1, -0.05) is 0 Å². The number of aromatic nitrogens is 1. The number of carboxylic acids is 1. The molecule has 1 saturated heterocycles. The molecule has 8 heteroatoms. The lowest BCUT2D eigenvalue weighted by Gasteiger charge is -2.26. The Morgan fingerprint density at radius 1 is 1.52 bits per heavy atom. The quantitative estimate of drug-likeness (QED) is 0.884. The third-order valence-corrected chi connectivity index (χ3v) is 5.29. The van der Waals surface area contributed by atoms with E-state index in [-0.39, 0.29) is 17.0 Å². The fourth-order valence-corrected chi connectivity index (χ4v) is 4.32. The van der Waals surface area contributed by atoms with Crippen molar-refractivity contribution < 1.29 is 19.1 Å². The van der Waals surface area contributed by atoms with Crippen LogP contribution >= 0.6 is 23.5 Å². The molecule has 6 nitrogen and oxygen atoms in total. The summed E-state index contributed by atoms with van der Waals surface area (Å²) in [7, 11) is 0. The van der Waals surface area contributed by atoms with Crippen LogP contribution in [0.5, 0.6) is 0 Å². The molecule has 0 bridgehead atoms. The molecule has 0 radical (unpaired) electrons. The van der Waals surface area contributed by atoms with Crippen LogP contribution in [0.4, 0.5) is 0 Å². The first-order valence-corrected chi connectivity index (χ1v) is 9.00. The van der Waals surface area contributed by atoms with Gasteiger partial charge in [0.1, 0.15) is 11.8 Å². The van der Waals surface area contributed by atoms with E-state index in [9.17, 15) is 14.7 Å². The average Bonchev–Trinajstić information content (AvgIpc) is 2.98. The van der Waals surface area contributed by atoms with E-state index in [1.807, 2.05) is 6.26 Å². The van der Waals surface area contributed by atoms with E-state index in [2.05, 4.69) is 4.98 Å². The number of carbonyl (C=O) groups is 2. The number of rotatable bonds is 5. The predicted molar refractivity (Wildman–Crippen MR) is 82.8 cm³/mol. The second-order valence-electron chi connectivity index (χ2n) is 4.77. The molecule has 0 spiro atoms. The molecule has 1 amide bonds. The highest BCUT2D eigenvalue weighted by molar-refractivity contribution is 8.00. The highest BCUT2D eigenvalue weighted by atomic mass is 32.2. The minimum absolute atomic E-state index is 0.123. The fraction of sp³-hybridized carbons (Fsp3) is 0.615. The van der Waals surface area contributed by atoms with E-state index >= 15 is 0 Å². The molecule has 2 atom stereocenters. The van der Waals surface area contributed by atoms with Gasteiger partial charge in [-0.15, -0.1) is 11.8 Å². The molecule has 2 unspecified atom stereocenters. The van der Waals surface area contributed by atoms with Crippen LogP contribution in [0.15, 0.2) is 4.42 Å². The summed E-state index contributed by atoms with van der Waals surface area (Å²) in [4.78, 5) is 29.6. The summed E-state index contributed by atoms with van der Waals surface area (Å²) in [6.45, 7) is 3.34. The zero-order chi connectivity index (χ0) is 15.6. The van der Waals surface area contributed by atoms with E-state index in [0.29, 0.717) is 17.4 Å². The van der Waals surface area contributed by atoms with E-state index in [0.717, 1.165) is 12.2 Å². The lowest BCUT2D eigenvalue weighted by atomic mass is 10.2. The van der Waals surface area contributed by atoms with Gasteiger partial charge in [0, 0.05) is 12.7 Å². The Kier molecular flexibility index (Phi) is 5.21. The first-order valence-electron chi connectivity index (χ1n) is 6.55. The number of nitrogens with zero attached hydrogens (tertiary/aromatic N) is 2. The maximum atomic E-state index is 12.7. The zero-order valence-electron chi connectivity index (χ0n) is 12.2. The largest absolute Gasteiger partial charge is 0.480 e. The van der Waals surface area contributed by atoms with Gasteiger partial charge in [-0.05, 0) is 25.4 Å². The topological polar surface area (TPSA) is 83.6 Å². The van der Waals surface area contributed by atoms with Crippen LogP contribution in [-0.2, 0) is 4.79 Å². The SMILES string of the molecule is CSCCC1SCC(C(=O)O)N1C(=O)c1nc(C)oc1C. The number of carboxylic acid groups (broad SMARTS) is 1. The van der Waals surface area contributed by atoms with E-state index in [4.69, 9.17) is 4.42 Å². The average molecular weight is 330 g/mol. The van der Waals surface area contributed by atoms with Crippen molar-refractivity contribution in [1.82, 2.24) is 9.88 Å². The van der Waals surface area contributed by atoms with Crippen LogP contribution in [0, 0.1) is 13.8 Å². The summed E-state index contributed by atoms with van der Waals surface area (Å²) < 4.78 is 5.29. The summed E-state index contributed by atoms with van der Waals surface area (Å²) in [5.74, 6) is 0.811. The van der Waals surface area contributed by atoms with Crippen LogP contribution in [0.25, 0.3) is 0 Å². The number of thioether (sulfide) groups is 2. The predicted octanol–water partition coefficient (Wildman–Crippen LogP) is 2.01. The number of amides is 1. The molecule has 2 rings (SSSR count). The Morgan fingerprint density at radius 2 is 2.24 bits per heavy atom. The molecule has 0 saturated carbocycles. The molecule has 2 heterocycles. The standard InChI is InChI=1S/C13H18N2O4S2/c1-7-11(14-8(2)19-7)12(16)15-9(13(17)18)6-21-10(15)4-5-20-3/h9-10H,4-6H2,1-3H3,(H,17,18). The van der Waals surface area contributed by atoms with Gasteiger partial charge in [0.05, 0.1) is 5.37 Å². The van der Waals surface area contributed by atoms with E-state index in [1.165, 1.54) is 16.7 Å². The number of aryl methyl sites for hydroxylation is 2. The van der Waals surface area contributed by atoms with Crippen LogP contribution in [0.3, 0.4) is 0 Å². The second kappa shape index (κ2) is 6.74. The van der Waals surface area contributed by atoms with Crippen molar-refractivity contribution >= 4 is 35.4 Å². The van der Waals surface area contributed by atoms with Gasteiger partial charge in [-0.2, -0.15) is 11.8 Å². The summed E-state index contributed by atoms with van der Waals surface area (Å²) in [5.41, 5.74) is 0.218. The van der Waals surface area contributed by atoms with Crippen molar-refractivity contribution in [2.75, 3.05) is 17.8 Å². The molecule has 116 valence electrons. The lowest BCUT2D eigenvalue weighted by molar-refractivity contribution is -0.141. The first-order chi connectivity index (χ1) is 9.95. The Hall–Kier alpha value is -1.15. The van der Waals surface area contributed by atoms with Gasteiger partial charge in [-0.3, -0.25) is 4.79 Å². The summed E-state index contributed by atoms with van der Waals surface area (Å²) in [5, 5.41) is 9.22. The van der Waals surface area contributed by atoms with Gasteiger partial charge >= 0.3 is 5.97 Å². The van der Waals surface area contributed by atoms with Gasteiger partial charge in [0.2, 0.25) is 0 Å². The Bertz CT molecular complexity index is 546. The normalized spacial score (nSPS) is 21.8. The number of oxazole rings is 1. The zero-order valence-corrected chi connectivity index (χ0v) is 13.8. The van der Waals surface area contributed by atoms with Crippen LogP contribution in [0.1, 0.15) is 28.6 Å². The van der Waals surface area contributed by atoms with Gasteiger partial charge in [-0.25, -0.2) is 9.78 Å². The van der Waals surface area contributed by atoms with Crippen molar-refractivity contribution in [2.45, 2.75) is 31.7 Å². The maximum absolute atomic E-state index is 12.7. The van der Waals surface area contributed by atoms with E-state index in [1.54, 1.807) is 25.6 Å². The third-order valence-electron chi connectivity index (χ3n) is 3.29. The molecular formula is C13H18N2O4S2. The van der Waals surface area contributed by atoms with Crippen LogP contribution in [0.2, 0.25) is 0 Å². The summed E-state index contributed by atoms with van der Waals surface area (Å²) in [6, 6.07) is -0.800. The number of carbonyl (C=O) groups excluding carboxylic acids is 1. The molecule has 1 aromatic rings. The highest BCUT2D eigenvalue weighted by Gasteiger charge is 2.42. The van der Waals surface area contributed by atoms with Crippen molar-refractivity contribution in [3.05, 3.63) is 17.3 Å². The third kappa shape index (κ3) is 3.37. The highest BCUT2D eigenvalue weighted by Crippen LogP contribution is 2.33. The Balaban J connectivity index is 2.27.